The van der Waals surface area contributed by atoms with Gasteiger partial charge in [-0.15, -0.1) is 0 Å². The maximum atomic E-state index is 9.64. The van der Waals surface area contributed by atoms with Gasteiger partial charge >= 0.3 is 0 Å². The summed E-state index contributed by atoms with van der Waals surface area (Å²) < 4.78 is 8.35. The predicted octanol–water partition coefficient (Wildman–Crippen LogP) is 4.87. The lowest BCUT2D eigenvalue weighted by Gasteiger charge is -2.08. The highest BCUT2D eigenvalue weighted by Crippen LogP contribution is 2.39. The fourth-order valence-corrected chi connectivity index (χ4v) is 3.57. The third kappa shape index (κ3) is 2.22. The van der Waals surface area contributed by atoms with Crippen LogP contribution in [0, 0.1) is 32.1 Å². The lowest BCUT2D eigenvalue weighted by molar-refractivity contribution is -0.660. The molecule has 0 N–H and O–H groups in total. The lowest BCUT2D eigenvalue weighted by atomic mass is 9.95. The molecule has 2 heterocycles. The maximum Gasteiger partial charge on any atom is 0.216 e. The number of aromatic nitrogens is 1. The molecular weight excluding hydrogens is 308 g/mol. The van der Waals surface area contributed by atoms with Crippen LogP contribution in [-0.4, -0.2) is 0 Å². The van der Waals surface area contributed by atoms with E-state index < -0.39 is 0 Å². The van der Waals surface area contributed by atoms with Gasteiger partial charge in [-0.1, -0.05) is 18.2 Å². The van der Waals surface area contributed by atoms with Crippen LogP contribution in [0.25, 0.3) is 33.2 Å². The van der Waals surface area contributed by atoms with E-state index in [0.717, 1.165) is 38.8 Å². The zero-order valence-corrected chi connectivity index (χ0v) is 14.8. The summed E-state index contributed by atoms with van der Waals surface area (Å²) in [6.45, 7) is 6.27. The summed E-state index contributed by atoms with van der Waals surface area (Å²) in [6, 6.07) is 14.4. The minimum Gasteiger partial charge on any atom is -0.455 e. The minimum atomic E-state index is 0.660. The van der Waals surface area contributed by atoms with Crippen molar-refractivity contribution in [3.05, 3.63) is 64.8 Å². The molecule has 25 heavy (non-hydrogen) atoms. The maximum absolute atomic E-state index is 9.64. The van der Waals surface area contributed by atoms with E-state index in [0.29, 0.717) is 5.56 Å². The van der Waals surface area contributed by atoms with Gasteiger partial charge in [-0.3, -0.25) is 0 Å². The Labute approximate surface area is 146 Å². The largest absolute Gasteiger partial charge is 0.455 e. The Morgan fingerprint density at radius 3 is 2.52 bits per heavy atom. The number of hydrogen-bond acceptors (Lipinski definition) is 2. The monoisotopic (exact) mass is 327 g/mol. The summed E-state index contributed by atoms with van der Waals surface area (Å²) in [5.74, 6) is 0. The van der Waals surface area contributed by atoms with E-state index in [-0.39, 0.29) is 0 Å². The first-order valence-electron chi connectivity index (χ1n) is 8.33. The van der Waals surface area contributed by atoms with Gasteiger partial charge in [0.2, 0.25) is 5.69 Å². The molecule has 0 radical (unpaired) electrons. The molecule has 0 amide bonds. The molecule has 4 aromatic rings. The normalized spacial score (nSPS) is 11.2. The number of aryl methyl sites for hydroxylation is 4. The van der Waals surface area contributed by atoms with Gasteiger partial charge < -0.3 is 4.42 Å². The summed E-state index contributed by atoms with van der Waals surface area (Å²) in [6.07, 6.45) is 2.14. The molecule has 0 saturated carbocycles. The van der Waals surface area contributed by atoms with Gasteiger partial charge in [0.05, 0.1) is 17.2 Å². The van der Waals surface area contributed by atoms with Crippen molar-refractivity contribution in [3.63, 3.8) is 0 Å². The highest BCUT2D eigenvalue weighted by Gasteiger charge is 2.23. The van der Waals surface area contributed by atoms with Gasteiger partial charge in [0.25, 0.3) is 0 Å². The summed E-state index contributed by atoms with van der Waals surface area (Å²) in [4.78, 5) is 0. The van der Waals surface area contributed by atoms with Crippen LogP contribution in [0.4, 0.5) is 0 Å². The van der Waals surface area contributed by atoms with E-state index in [2.05, 4.69) is 36.7 Å². The Morgan fingerprint density at radius 2 is 1.76 bits per heavy atom. The highest BCUT2D eigenvalue weighted by molar-refractivity contribution is 6.12. The van der Waals surface area contributed by atoms with Crippen LogP contribution in [0.5, 0.6) is 0 Å². The van der Waals surface area contributed by atoms with Gasteiger partial charge in [0.1, 0.15) is 12.6 Å². The summed E-state index contributed by atoms with van der Waals surface area (Å²) in [5.41, 5.74) is 7.93. The molecule has 0 atom stereocenters. The summed E-state index contributed by atoms with van der Waals surface area (Å²) in [7, 11) is 2.05. The molecule has 0 aliphatic rings. The summed E-state index contributed by atoms with van der Waals surface area (Å²) in [5, 5.41) is 11.5. The van der Waals surface area contributed by atoms with Crippen LogP contribution < -0.4 is 4.57 Å². The Bertz CT molecular complexity index is 1190. The van der Waals surface area contributed by atoms with Crippen molar-refractivity contribution >= 4 is 21.9 Å². The fourth-order valence-electron chi connectivity index (χ4n) is 3.57. The van der Waals surface area contributed by atoms with E-state index in [1.54, 1.807) is 0 Å². The standard InChI is InChI=1S/C22H19N2O/c1-13-10-18(24(4)12-15(13)3)20-14(2)9-16(11-23)21-17-7-5-6-8-19(17)25-22(20)21/h5-10,12H,1-4H3/q+1. The lowest BCUT2D eigenvalue weighted by Crippen LogP contribution is -2.31. The number of rotatable bonds is 1. The molecule has 0 aliphatic heterocycles. The number of fused-ring (bicyclic) bond motifs is 3. The van der Waals surface area contributed by atoms with Crippen LogP contribution >= 0.6 is 0 Å². The predicted molar refractivity (Wildman–Crippen MR) is 99.3 cm³/mol. The average Bonchev–Trinajstić information content (AvgIpc) is 2.97. The second-order valence-corrected chi connectivity index (χ2v) is 6.67. The first-order chi connectivity index (χ1) is 12.0. The number of furan rings is 1. The van der Waals surface area contributed by atoms with Gasteiger partial charge in [0.15, 0.2) is 11.8 Å². The Hall–Kier alpha value is -3.12. The molecule has 3 heteroatoms. The van der Waals surface area contributed by atoms with E-state index in [1.165, 1.54) is 11.1 Å². The Morgan fingerprint density at radius 1 is 1.00 bits per heavy atom. The minimum absolute atomic E-state index is 0.660. The average molecular weight is 327 g/mol. The first-order valence-corrected chi connectivity index (χ1v) is 8.33. The second-order valence-electron chi connectivity index (χ2n) is 6.67. The SMILES string of the molecule is Cc1cc(-c2c(C)cc(C#N)c3c2oc2ccccc23)[n+](C)cc1C. The molecule has 4 rings (SSSR count). The summed E-state index contributed by atoms with van der Waals surface area (Å²) >= 11 is 0. The van der Waals surface area contributed by atoms with Crippen molar-refractivity contribution in [2.45, 2.75) is 20.8 Å². The van der Waals surface area contributed by atoms with Crippen LogP contribution in [0.3, 0.4) is 0 Å². The second kappa shape index (κ2) is 5.46. The fraction of sp³-hybridized carbons (Fsp3) is 0.182. The van der Waals surface area contributed by atoms with Crippen LogP contribution in [0.1, 0.15) is 22.3 Å². The molecule has 0 aliphatic carbocycles. The van der Waals surface area contributed by atoms with Crippen molar-refractivity contribution in [1.82, 2.24) is 0 Å². The van der Waals surface area contributed by atoms with Crippen molar-refractivity contribution in [3.8, 4) is 17.3 Å². The van der Waals surface area contributed by atoms with Crippen molar-refractivity contribution in [1.29, 1.82) is 5.26 Å². The number of benzene rings is 2. The smallest absolute Gasteiger partial charge is 0.216 e. The molecule has 122 valence electrons. The van der Waals surface area contributed by atoms with Crippen LogP contribution in [0.2, 0.25) is 0 Å². The molecular formula is C22H19N2O+. The molecule has 0 unspecified atom stereocenters. The van der Waals surface area contributed by atoms with Crippen LogP contribution in [0.15, 0.2) is 47.0 Å². The van der Waals surface area contributed by atoms with E-state index in [1.807, 2.05) is 44.3 Å². The molecule has 3 nitrogen and oxygen atoms in total. The van der Waals surface area contributed by atoms with E-state index >= 15 is 0 Å². The van der Waals surface area contributed by atoms with Gasteiger partial charge in [-0.2, -0.15) is 5.26 Å². The molecule has 2 aromatic heterocycles. The zero-order chi connectivity index (χ0) is 17.7. The molecule has 0 spiro atoms. The first kappa shape index (κ1) is 15.4. The number of hydrogen-bond donors (Lipinski definition) is 0. The van der Waals surface area contributed by atoms with Gasteiger partial charge in [0, 0.05) is 22.4 Å². The third-order valence-corrected chi connectivity index (χ3v) is 4.97. The van der Waals surface area contributed by atoms with Crippen LogP contribution in [-0.2, 0) is 7.05 Å². The van der Waals surface area contributed by atoms with Crippen molar-refractivity contribution < 1.29 is 8.98 Å². The molecule has 2 aromatic carbocycles. The number of para-hydroxylation sites is 1. The Balaban J connectivity index is 2.21. The highest BCUT2D eigenvalue weighted by atomic mass is 16.3. The Kier molecular flexibility index (Phi) is 3.36. The van der Waals surface area contributed by atoms with E-state index in [4.69, 9.17) is 4.42 Å². The topological polar surface area (TPSA) is 40.8 Å². The molecule has 0 fully saturated rings. The van der Waals surface area contributed by atoms with Crippen molar-refractivity contribution in [2.24, 2.45) is 7.05 Å². The quantitative estimate of drug-likeness (QED) is 0.468. The van der Waals surface area contributed by atoms with Crippen molar-refractivity contribution in [2.75, 3.05) is 0 Å². The third-order valence-electron chi connectivity index (χ3n) is 4.97. The molecule has 0 bridgehead atoms. The van der Waals surface area contributed by atoms with Gasteiger partial charge in [-0.05, 0) is 44.0 Å². The number of pyridine rings is 1. The number of nitrogens with zero attached hydrogens (tertiary/aromatic N) is 2. The zero-order valence-electron chi connectivity index (χ0n) is 14.8. The van der Waals surface area contributed by atoms with E-state index in [9.17, 15) is 5.26 Å². The molecule has 0 saturated heterocycles. The number of nitriles is 1. The van der Waals surface area contributed by atoms with Gasteiger partial charge in [-0.25, -0.2) is 4.57 Å².